The Labute approximate surface area is 190 Å². The molecule has 1 aliphatic heterocycles. The molecule has 0 bridgehead atoms. The van der Waals surface area contributed by atoms with E-state index in [0.29, 0.717) is 48.8 Å². The van der Waals surface area contributed by atoms with Crippen LogP contribution in [0.4, 0.5) is 5.69 Å². The number of sulfonamides is 1. The average Bonchev–Trinajstić information content (AvgIpc) is 2.80. The number of nitrogens with zero attached hydrogens (tertiary/aromatic N) is 2. The molecular formula is C24H30N4O3S. The molecule has 1 aliphatic rings. The predicted molar refractivity (Wildman–Crippen MR) is 126 cm³/mol. The Bertz CT molecular complexity index is 1080. The van der Waals surface area contributed by atoms with Gasteiger partial charge in [0.05, 0.1) is 23.1 Å². The summed E-state index contributed by atoms with van der Waals surface area (Å²) in [5.41, 5.74) is 3.56. The number of nitrogens with one attached hydrogen (secondary N) is 2. The zero-order valence-corrected chi connectivity index (χ0v) is 19.4. The molecule has 8 heteroatoms. The van der Waals surface area contributed by atoms with Crippen molar-refractivity contribution in [2.24, 2.45) is 0 Å². The van der Waals surface area contributed by atoms with Crippen LogP contribution < -0.4 is 10.0 Å². The fourth-order valence-corrected chi connectivity index (χ4v) is 5.13. The molecule has 170 valence electrons. The molecule has 32 heavy (non-hydrogen) atoms. The van der Waals surface area contributed by atoms with Crippen LogP contribution in [0.5, 0.6) is 0 Å². The number of benzene rings is 2. The molecular weight excluding hydrogens is 424 g/mol. The molecule has 2 aromatic carbocycles. The first kappa shape index (κ1) is 23.8. The van der Waals surface area contributed by atoms with Crippen molar-refractivity contribution in [2.75, 3.05) is 37.2 Å². The number of hydrogen-bond acceptors (Lipinski definition) is 5. The van der Waals surface area contributed by atoms with Gasteiger partial charge in [-0.05, 0) is 81.1 Å². The minimum absolute atomic E-state index is 0.0221. The molecule has 0 aliphatic carbocycles. The third kappa shape index (κ3) is 6.09. The maximum Gasteiger partial charge on any atom is 0.253 e. The van der Waals surface area contributed by atoms with Gasteiger partial charge in [-0.3, -0.25) is 9.52 Å². The van der Waals surface area contributed by atoms with E-state index in [9.17, 15) is 13.2 Å². The second-order valence-corrected chi connectivity index (χ2v) is 10.0. The van der Waals surface area contributed by atoms with Crippen LogP contribution in [0.15, 0.2) is 42.5 Å². The van der Waals surface area contributed by atoms with Crippen LogP contribution in [0, 0.1) is 18.3 Å². The summed E-state index contributed by atoms with van der Waals surface area (Å²) in [5.74, 6) is 0.303. The van der Waals surface area contributed by atoms with Crippen molar-refractivity contribution in [3.05, 3.63) is 64.7 Å². The zero-order valence-electron chi connectivity index (χ0n) is 18.6. The first-order chi connectivity index (χ1) is 15.3. The van der Waals surface area contributed by atoms with E-state index in [2.05, 4.69) is 16.1 Å². The van der Waals surface area contributed by atoms with Crippen molar-refractivity contribution in [1.82, 2.24) is 10.2 Å². The van der Waals surface area contributed by atoms with Gasteiger partial charge in [0, 0.05) is 18.7 Å². The van der Waals surface area contributed by atoms with Crippen LogP contribution in [0.25, 0.3) is 0 Å². The summed E-state index contributed by atoms with van der Waals surface area (Å²) in [6, 6.07) is 15.0. The molecule has 3 rings (SSSR count). The third-order valence-corrected chi connectivity index (χ3v) is 7.24. The summed E-state index contributed by atoms with van der Waals surface area (Å²) >= 11 is 0. The Morgan fingerprint density at radius 3 is 2.47 bits per heavy atom. The smallest absolute Gasteiger partial charge is 0.253 e. The van der Waals surface area contributed by atoms with Crippen LogP contribution >= 0.6 is 0 Å². The zero-order chi connectivity index (χ0) is 23.1. The molecule has 0 atom stereocenters. The molecule has 0 aromatic heterocycles. The van der Waals surface area contributed by atoms with E-state index in [0.717, 1.165) is 18.4 Å². The van der Waals surface area contributed by atoms with Crippen molar-refractivity contribution >= 4 is 21.6 Å². The van der Waals surface area contributed by atoms with Gasteiger partial charge >= 0.3 is 0 Å². The molecule has 0 saturated carbocycles. The number of rotatable bonds is 8. The highest BCUT2D eigenvalue weighted by atomic mass is 32.2. The lowest BCUT2D eigenvalue weighted by atomic mass is 9.89. The second-order valence-electron chi connectivity index (χ2n) is 8.21. The molecule has 1 amide bonds. The van der Waals surface area contributed by atoms with E-state index < -0.39 is 10.0 Å². The molecule has 0 spiro atoms. The summed E-state index contributed by atoms with van der Waals surface area (Å²) in [5, 5.41) is 11.9. The number of aryl methyl sites for hydroxylation is 1. The molecule has 1 heterocycles. The van der Waals surface area contributed by atoms with E-state index in [1.165, 1.54) is 5.56 Å². The summed E-state index contributed by atoms with van der Waals surface area (Å²) in [4.78, 5) is 14.9. The Morgan fingerprint density at radius 2 is 1.84 bits per heavy atom. The molecule has 7 nitrogen and oxygen atoms in total. The van der Waals surface area contributed by atoms with Crippen LogP contribution in [0.2, 0.25) is 0 Å². The lowest BCUT2D eigenvalue weighted by Gasteiger charge is -2.32. The third-order valence-electron chi connectivity index (χ3n) is 5.88. The standard InChI is InChI=1S/C24H30N4O3S/c1-18-4-7-22(16-23(18)27-32(30,31)15-3-12-26-2)24(29)28-13-10-21(11-14-28)20-8-5-19(17-25)6-9-20/h4-9,16,21,26-27H,3,10-15H2,1-2H3. The minimum atomic E-state index is -3.47. The van der Waals surface area contributed by atoms with Crippen LogP contribution in [0.3, 0.4) is 0 Å². The maximum absolute atomic E-state index is 13.1. The molecule has 2 aromatic rings. The topological polar surface area (TPSA) is 102 Å². The van der Waals surface area contributed by atoms with Crippen LogP contribution in [-0.4, -0.2) is 51.7 Å². The van der Waals surface area contributed by atoms with Crippen LogP contribution in [-0.2, 0) is 10.0 Å². The van der Waals surface area contributed by atoms with E-state index >= 15 is 0 Å². The number of carbonyl (C=O) groups is 1. The van der Waals surface area contributed by atoms with Gasteiger partial charge in [-0.2, -0.15) is 5.26 Å². The number of amides is 1. The van der Waals surface area contributed by atoms with Gasteiger partial charge in [-0.25, -0.2) is 8.42 Å². The second kappa shape index (κ2) is 10.6. The Kier molecular flexibility index (Phi) is 7.89. The molecule has 0 unspecified atom stereocenters. The fraction of sp³-hybridized carbons (Fsp3) is 0.417. The SMILES string of the molecule is CNCCCS(=O)(=O)Nc1cc(C(=O)N2CCC(c3ccc(C#N)cc3)CC2)ccc1C. The monoisotopic (exact) mass is 454 g/mol. The van der Waals surface area contributed by atoms with Gasteiger partial charge in [-0.15, -0.1) is 0 Å². The molecule has 2 N–H and O–H groups in total. The molecule has 0 radical (unpaired) electrons. The highest BCUT2D eigenvalue weighted by molar-refractivity contribution is 7.92. The van der Waals surface area contributed by atoms with Gasteiger partial charge in [0.2, 0.25) is 10.0 Å². The maximum atomic E-state index is 13.1. The number of likely N-dealkylation sites (tertiary alicyclic amines) is 1. The molecule has 1 fully saturated rings. The highest BCUT2D eigenvalue weighted by Gasteiger charge is 2.25. The van der Waals surface area contributed by atoms with Crippen molar-refractivity contribution in [3.8, 4) is 6.07 Å². The summed E-state index contributed by atoms with van der Waals surface area (Å²) < 4.78 is 27.4. The number of carbonyl (C=O) groups excluding carboxylic acids is 1. The normalized spacial score (nSPS) is 14.7. The number of anilines is 1. The fourth-order valence-electron chi connectivity index (χ4n) is 3.95. The Hall–Kier alpha value is -2.89. The first-order valence-corrected chi connectivity index (χ1v) is 12.5. The minimum Gasteiger partial charge on any atom is -0.339 e. The quantitative estimate of drug-likeness (QED) is 0.596. The van der Waals surface area contributed by atoms with Crippen LogP contribution in [0.1, 0.15) is 52.2 Å². The van der Waals surface area contributed by atoms with Crippen molar-refractivity contribution in [1.29, 1.82) is 5.26 Å². The van der Waals surface area contributed by atoms with Gasteiger partial charge in [0.1, 0.15) is 0 Å². The Morgan fingerprint density at radius 1 is 1.16 bits per heavy atom. The van der Waals surface area contributed by atoms with E-state index in [4.69, 9.17) is 5.26 Å². The van der Waals surface area contributed by atoms with Crippen molar-refractivity contribution in [3.63, 3.8) is 0 Å². The van der Waals surface area contributed by atoms with Gasteiger partial charge in [-0.1, -0.05) is 18.2 Å². The summed E-state index contributed by atoms with van der Waals surface area (Å²) in [7, 11) is -1.69. The largest absolute Gasteiger partial charge is 0.339 e. The van der Waals surface area contributed by atoms with Crippen molar-refractivity contribution in [2.45, 2.75) is 32.1 Å². The summed E-state index contributed by atoms with van der Waals surface area (Å²) in [6.07, 6.45) is 2.22. The van der Waals surface area contributed by atoms with Gasteiger partial charge in [0.15, 0.2) is 0 Å². The van der Waals surface area contributed by atoms with Gasteiger partial charge in [0.25, 0.3) is 5.91 Å². The van der Waals surface area contributed by atoms with E-state index in [1.54, 1.807) is 25.2 Å². The lowest BCUT2D eigenvalue weighted by molar-refractivity contribution is 0.0713. The number of nitriles is 1. The Balaban J connectivity index is 1.64. The summed E-state index contributed by atoms with van der Waals surface area (Å²) in [6.45, 7) is 3.73. The molecule has 1 saturated heterocycles. The van der Waals surface area contributed by atoms with E-state index in [1.807, 2.05) is 36.1 Å². The predicted octanol–water partition coefficient (Wildman–Crippen LogP) is 3.24. The van der Waals surface area contributed by atoms with Gasteiger partial charge < -0.3 is 10.2 Å². The number of piperidine rings is 1. The number of hydrogen-bond donors (Lipinski definition) is 2. The lowest BCUT2D eigenvalue weighted by Crippen LogP contribution is -2.38. The average molecular weight is 455 g/mol. The van der Waals surface area contributed by atoms with E-state index in [-0.39, 0.29) is 11.7 Å². The first-order valence-electron chi connectivity index (χ1n) is 10.9. The van der Waals surface area contributed by atoms with Crippen molar-refractivity contribution < 1.29 is 13.2 Å². The highest BCUT2D eigenvalue weighted by Crippen LogP contribution is 2.29.